The smallest absolute Gasteiger partial charge is 0.236 e. The van der Waals surface area contributed by atoms with Gasteiger partial charge in [0.05, 0.1) is 6.61 Å². The Labute approximate surface area is 152 Å². The van der Waals surface area contributed by atoms with Crippen molar-refractivity contribution in [1.29, 1.82) is 5.26 Å². The summed E-state index contributed by atoms with van der Waals surface area (Å²) in [6.45, 7) is 2.57. The normalized spacial score (nSPS) is 18.2. The molecule has 0 aliphatic heterocycles. The van der Waals surface area contributed by atoms with Crippen LogP contribution in [0.4, 0.5) is 11.6 Å². The van der Waals surface area contributed by atoms with Gasteiger partial charge in [0.25, 0.3) is 0 Å². The van der Waals surface area contributed by atoms with Crippen molar-refractivity contribution in [3.8, 4) is 11.8 Å². The Morgan fingerprint density at radius 3 is 2.62 bits per heavy atom. The number of oxazole rings is 1. The molecule has 2 unspecified atom stereocenters. The van der Waals surface area contributed by atoms with Crippen molar-refractivity contribution in [2.24, 2.45) is 0 Å². The van der Waals surface area contributed by atoms with Crippen molar-refractivity contribution in [2.45, 2.75) is 25.2 Å². The quantitative estimate of drug-likeness (QED) is 0.684. The Morgan fingerprint density at radius 1 is 1.15 bits per heavy atom. The molecule has 0 saturated heterocycles. The van der Waals surface area contributed by atoms with E-state index in [9.17, 15) is 5.26 Å². The molecular weight excluding hydrogens is 326 g/mol. The summed E-state index contributed by atoms with van der Waals surface area (Å²) in [4.78, 5) is 4.39. The summed E-state index contributed by atoms with van der Waals surface area (Å²) in [5, 5.41) is 12.5. The standard InChI is InChI=1S/C21H19N3O2/c1-2-25-16-10-8-15(9-11-16)23-21-19(13-22)24-20(26-21)18-12-17(18)14-6-4-3-5-7-14/h3-11,17-18,23H,2,12H2,1H3. The van der Waals surface area contributed by atoms with Crippen LogP contribution in [0, 0.1) is 11.3 Å². The van der Waals surface area contributed by atoms with Gasteiger partial charge >= 0.3 is 0 Å². The predicted octanol–water partition coefficient (Wildman–Crippen LogP) is 4.96. The Bertz CT molecular complexity index is 926. The molecule has 3 aromatic rings. The Balaban J connectivity index is 1.50. The minimum atomic E-state index is 0.236. The molecule has 1 aromatic heterocycles. The second-order valence-corrected chi connectivity index (χ2v) is 6.28. The lowest BCUT2D eigenvalue weighted by atomic mass is 10.1. The number of nitriles is 1. The summed E-state index contributed by atoms with van der Waals surface area (Å²) in [5.74, 6) is 2.48. The zero-order valence-electron chi connectivity index (χ0n) is 14.5. The summed E-state index contributed by atoms with van der Waals surface area (Å²) < 4.78 is 11.3. The number of benzene rings is 2. The molecular formula is C21H19N3O2. The monoisotopic (exact) mass is 345 g/mol. The van der Waals surface area contributed by atoms with Gasteiger partial charge in [0.15, 0.2) is 0 Å². The first-order valence-corrected chi connectivity index (χ1v) is 8.74. The van der Waals surface area contributed by atoms with Crippen LogP contribution in [0.2, 0.25) is 0 Å². The second-order valence-electron chi connectivity index (χ2n) is 6.28. The number of anilines is 2. The number of rotatable bonds is 6. The largest absolute Gasteiger partial charge is 0.494 e. The third kappa shape index (κ3) is 3.27. The third-order valence-electron chi connectivity index (χ3n) is 4.51. The van der Waals surface area contributed by atoms with Crippen LogP contribution in [-0.2, 0) is 0 Å². The van der Waals surface area contributed by atoms with Gasteiger partial charge < -0.3 is 14.5 Å². The maximum absolute atomic E-state index is 9.38. The first-order valence-electron chi connectivity index (χ1n) is 8.74. The molecule has 0 bridgehead atoms. The van der Waals surface area contributed by atoms with Crippen molar-refractivity contribution in [2.75, 3.05) is 11.9 Å². The fraction of sp³-hybridized carbons (Fsp3) is 0.238. The first kappa shape index (κ1) is 16.2. The Morgan fingerprint density at radius 2 is 1.92 bits per heavy atom. The predicted molar refractivity (Wildman–Crippen MR) is 98.7 cm³/mol. The minimum absolute atomic E-state index is 0.236. The van der Waals surface area contributed by atoms with E-state index in [0.717, 1.165) is 17.9 Å². The molecule has 5 nitrogen and oxygen atoms in total. The highest BCUT2D eigenvalue weighted by Gasteiger charge is 2.43. The van der Waals surface area contributed by atoms with Crippen molar-refractivity contribution in [1.82, 2.24) is 4.98 Å². The van der Waals surface area contributed by atoms with Gasteiger partial charge in [0.1, 0.15) is 11.8 Å². The summed E-state index contributed by atoms with van der Waals surface area (Å²) >= 11 is 0. The zero-order valence-corrected chi connectivity index (χ0v) is 14.5. The molecule has 0 spiro atoms. The van der Waals surface area contributed by atoms with Crippen LogP contribution in [0.5, 0.6) is 5.75 Å². The van der Waals surface area contributed by atoms with Gasteiger partial charge in [-0.25, -0.2) is 4.98 Å². The summed E-state index contributed by atoms with van der Waals surface area (Å²) in [5.41, 5.74) is 2.39. The van der Waals surface area contributed by atoms with Gasteiger partial charge in [0, 0.05) is 11.6 Å². The zero-order chi connectivity index (χ0) is 17.9. The van der Waals surface area contributed by atoms with E-state index >= 15 is 0 Å². The number of aromatic nitrogens is 1. The first-order chi connectivity index (χ1) is 12.8. The van der Waals surface area contributed by atoms with E-state index in [4.69, 9.17) is 9.15 Å². The van der Waals surface area contributed by atoms with Gasteiger partial charge in [-0.15, -0.1) is 0 Å². The van der Waals surface area contributed by atoms with E-state index in [1.807, 2.05) is 49.4 Å². The average molecular weight is 345 g/mol. The lowest BCUT2D eigenvalue weighted by Crippen LogP contribution is -1.93. The fourth-order valence-electron chi connectivity index (χ4n) is 3.12. The van der Waals surface area contributed by atoms with E-state index < -0.39 is 0 Å². The summed E-state index contributed by atoms with van der Waals surface area (Å²) in [7, 11) is 0. The number of hydrogen-bond donors (Lipinski definition) is 1. The van der Waals surface area contributed by atoms with Gasteiger partial charge in [-0.1, -0.05) is 30.3 Å². The van der Waals surface area contributed by atoms with E-state index in [1.54, 1.807) is 0 Å². The van der Waals surface area contributed by atoms with E-state index in [1.165, 1.54) is 5.56 Å². The van der Waals surface area contributed by atoms with Gasteiger partial charge in [-0.3, -0.25) is 0 Å². The van der Waals surface area contributed by atoms with Crippen LogP contribution >= 0.6 is 0 Å². The molecule has 1 heterocycles. The van der Waals surface area contributed by atoms with E-state index in [2.05, 4.69) is 28.5 Å². The SMILES string of the molecule is CCOc1ccc(Nc2oc(C3CC3c3ccccc3)nc2C#N)cc1. The molecule has 4 rings (SSSR count). The van der Waals surface area contributed by atoms with Crippen LogP contribution in [-0.4, -0.2) is 11.6 Å². The fourth-order valence-corrected chi connectivity index (χ4v) is 3.12. The number of ether oxygens (including phenoxy) is 1. The molecule has 0 amide bonds. The average Bonchev–Trinajstić information content (AvgIpc) is 3.38. The number of nitrogens with one attached hydrogen (secondary N) is 1. The van der Waals surface area contributed by atoms with E-state index in [0.29, 0.717) is 24.3 Å². The molecule has 130 valence electrons. The lowest BCUT2D eigenvalue weighted by molar-refractivity contribution is 0.340. The topological polar surface area (TPSA) is 71.1 Å². The van der Waals surface area contributed by atoms with Crippen LogP contribution < -0.4 is 10.1 Å². The third-order valence-corrected chi connectivity index (χ3v) is 4.51. The van der Waals surface area contributed by atoms with Crippen molar-refractivity contribution < 1.29 is 9.15 Å². The Kier molecular flexibility index (Phi) is 4.32. The summed E-state index contributed by atoms with van der Waals surface area (Å²) in [6, 6.07) is 20.0. The highest BCUT2D eigenvalue weighted by molar-refractivity contribution is 5.60. The Hall–Kier alpha value is -3.26. The minimum Gasteiger partial charge on any atom is -0.494 e. The molecule has 1 saturated carbocycles. The highest BCUT2D eigenvalue weighted by Crippen LogP contribution is 2.54. The van der Waals surface area contributed by atoms with Crippen molar-refractivity contribution in [3.05, 3.63) is 71.7 Å². The molecule has 1 fully saturated rings. The van der Waals surface area contributed by atoms with Crippen molar-refractivity contribution in [3.63, 3.8) is 0 Å². The highest BCUT2D eigenvalue weighted by atomic mass is 16.5. The molecule has 1 aliphatic carbocycles. The van der Waals surface area contributed by atoms with Crippen LogP contribution in [0.1, 0.15) is 42.3 Å². The maximum atomic E-state index is 9.38. The molecule has 1 N–H and O–H groups in total. The van der Waals surface area contributed by atoms with Gasteiger partial charge in [0.2, 0.25) is 17.5 Å². The van der Waals surface area contributed by atoms with Crippen LogP contribution in [0.15, 0.2) is 59.0 Å². The van der Waals surface area contributed by atoms with Crippen LogP contribution in [0.25, 0.3) is 0 Å². The summed E-state index contributed by atoms with van der Waals surface area (Å²) in [6.07, 6.45) is 0.998. The van der Waals surface area contributed by atoms with Crippen LogP contribution in [0.3, 0.4) is 0 Å². The van der Waals surface area contributed by atoms with Gasteiger partial charge in [-0.2, -0.15) is 5.26 Å². The lowest BCUT2D eigenvalue weighted by Gasteiger charge is -2.05. The van der Waals surface area contributed by atoms with Gasteiger partial charge in [-0.05, 0) is 49.1 Å². The number of hydrogen-bond acceptors (Lipinski definition) is 5. The molecule has 0 radical (unpaired) electrons. The molecule has 5 heteroatoms. The van der Waals surface area contributed by atoms with Crippen molar-refractivity contribution >= 4 is 11.6 Å². The molecule has 26 heavy (non-hydrogen) atoms. The second kappa shape index (κ2) is 6.93. The maximum Gasteiger partial charge on any atom is 0.236 e. The molecule has 2 aromatic carbocycles. The number of nitrogens with zero attached hydrogens (tertiary/aromatic N) is 2. The van der Waals surface area contributed by atoms with E-state index in [-0.39, 0.29) is 11.6 Å². The molecule has 1 aliphatic rings. The molecule has 2 atom stereocenters.